The number of morpholine rings is 1. The second-order valence-corrected chi connectivity index (χ2v) is 11.0. The molecule has 1 aliphatic carbocycles. The number of hydrogen-bond acceptors (Lipinski definition) is 4. The second-order valence-electron chi connectivity index (χ2n) is 11.0. The van der Waals surface area contributed by atoms with Gasteiger partial charge in [0, 0.05) is 18.5 Å². The Bertz CT molecular complexity index is 1640. The number of aromatic carboxylic acids is 1. The van der Waals surface area contributed by atoms with E-state index in [-0.39, 0.29) is 23.9 Å². The molecule has 0 atom stereocenters. The zero-order valence-electron chi connectivity index (χ0n) is 23.0. The molecule has 1 aromatic heterocycles. The van der Waals surface area contributed by atoms with Crippen LogP contribution in [-0.4, -0.2) is 52.8 Å². The first-order chi connectivity index (χ1) is 20.0. The molecule has 0 unspecified atom stereocenters. The van der Waals surface area contributed by atoms with Gasteiger partial charge in [-0.1, -0.05) is 67.8 Å². The number of carbonyl (C=O) groups excluding carboxylic acids is 1. The molecule has 7 heteroatoms. The number of amides is 1. The van der Waals surface area contributed by atoms with Gasteiger partial charge in [0.15, 0.2) is 0 Å². The first-order valence-electron chi connectivity index (χ1n) is 14.4. The van der Waals surface area contributed by atoms with Gasteiger partial charge in [-0.3, -0.25) is 4.79 Å². The Morgan fingerprint density at radius 2 is 1.68 bits per heavy atom. The molecule has 0 spiro atoms. The summed E-state index contributed by atoms with van der Waals surface area (Å²) in [5.74, 6) is -0.737. The van der Waals surface area contributed by atoms with Crippen LogP contribution in [0.25, 0.3) is 33.3 Å². The highest BCUT2D eigenvalue weighted by atomic mass is 16.5. The van der Waals surface area contributed by atoms with Crippen molar-refractivity contribution < 1.29 is 19.4 Å². The van der Waals surface area contributed by atoms with Crippen molar-refractivity contribution in [1.82, 2.24) is 9.47 Å². The molecule has 0 bridgehead atoms. The maximum Gasteiger partial charge on any atom is 0.335 e. The maximum atomic E-state index is 13.6. The van der Waals surface area contributed by atoms with Crippen molar-refractivity contribution in [3.8, 4) is 28.5 Å². The molecule has 1 saturated heterocycles. The van der Waals surface area contributed by atoms with Gasteiger partial charge in [-0.05, 0) is 59.2 Å². The smallest absolute Gasteiger partial charge is 0.335 e. The van der Waals surface area contributed by atoms with Gasteiger partial charge < -0.3 is 19.3 Å². The molecule has 1 amide bonds. The van der Waals surface area contributed by atoms with Crippen LogP contribution in [0.5, 0.6) is 0 Å². The number of hydrogen-bond donors (Lipinski definition) is 1. The lowest BCUT2D eigenvalue weighted by atomic mass is 9.81. The molecular formula is C34H33N3O4. The summed E-state index contributed by atoms with van der Waals surface area (Å²) in [7, 11) is 0. The minimum atomic E-state index is -1.00. The van der Waals surface area contributed by atoms with Crippen molar-refractivity contribution >= 4 is 22.8 Å². The van der Waals surface area contributed by atoms with Gasteiger partial charge in [0.05, 0.1) is 41.6 Å². The lowest BCUT2D eigenvalue weighted by Gasteiger charge is -2.28. The summed E-state index contributed by atoms with van der Waals surface area (Å²) in [6.45, 7) is 2.17. The Labute approximate surface area is 239 Å². The van der Waals surface area contributed by atoms with Crippen molar-refractivity contribution in [2.24, 2.45) is 0 Å². The lowest BCUT2D eigenvalue weighted by Crippen LogP contribution is -2.42. The maximum absolute atomic E-state index is 13.6. The number of ether oxygens (including phenoxy) is 1. The predicted molar refractivity (Wildman–Crippen MR) is 158 cm³/mol. The fourth-order valence-electron chi connectivity index (χ4n) is 6.49. The molecule has 2 aliphatic rings. The van der Waals surface area contributed by atoms with E-state index in [1.807, 2.05) is 64.1 Å². The normalized spacial score (nSPS) is 16.0. The van der Waals surface area contributed by atoms with Gasteiger partial charge in [0.1, 0.15) is 6.54 Å². The number of carbonyl (C=O) groups is 2. The van der Waals surface area contributed by atoms with Crippen LogP contribution in [0.4, 0.5) is 0 Å². The second kappa shape index (κ2) is 11.6. The zero-order valence-corrected chi connectivity index (χ0v) is 23.0. The topological polar surface area (TPSA) is 95.6 Å². The van der Waals surface area contributed by atoms with Crippen LogP contribution in [-0.2, 0) is 16.1 Å². The number of aromatic nitrogens is 1. The fraction of sp³-hybridized carbons (Fsp3) is 0.324. The van der Waals surface area contributed by atoms with E-state index in [0.717, 1.165) is 64.5 Å². The van der Waals surface area contributed by atoms with Crippen LogP contribution in [0.15, 0.2) is 66.7 Å². The van der Waals surface area contributed by atoms with Crippen LogP contribution in [0, 0.1) is 11.3 Å². The highest BCUT2D eigenvalue weighted by molar-refractivity contribution is 5.99. The summed E-state index contributed by atoms with van der Waals surface area (Å²) >= 11 is 0. The third-order valence-electron chi connectivity index (χ3n) is 8.52. The molecule has 3 aromatic carbocycles. The minimum Gasteiger partial charge on any atom is -0.478 e. The average molecular weight is 548 g/mol. The summed E-state index contributed by atoms with van der Waals surface area (Å²) in [4.78, 5) is 27.5. The molecule has 41 heavy (non-hydrogen) atoms. The molecule has 1 N–H and O–H groups in total. The third kappa shape index (κ3) is 5.23. The van der Waals surface area contributed by atoms with Gasteiger partial charge in [-0.15, -0.1) is 0 Å². The minimum absolute atomic E-state index is 0.0243. The lowest BCUT2D eigenvalue weighted by molar-refractivity contribution is -0.135. The van der Waals surface area contributed by atoms with E-state index in [1.165, 1.54) is 6.42 Å². The van der Waals surface area contributed by atoms with Crippen LogP contribution < -0.4 is 0 Å². The summed E-state index contributed by atoms with van der Waals surface area (Å²) in [6, 6.07) is 23.5. The Hall–Kier alpha value is -4.41. The molecule has 4 aromatic rings. The van der Waals surface area contributed by atoms with Gasteiger partial charge >= 0.3 is 5.97 Å². The number of benzene rings is 3. The SMILES string of the molecule is N#Cc1cc(-c2c(C3CCCCC3)c3ccc(C(=O)O)cc3n2CC(=O)N2CCOCC2)ccc1-c1ccccc1. The molecule has 1 saturated carbocycles. The largest absolute Gasteiger partial charge is 0.478 e. The fourth-order valence-corrected chi connectivity index (χ4v) is 6.49. The van der Waals surface area contributed by atoms with E-state index in [9.17, 15) is 20.0 Å². The van der Waals surface area contributed by atoms with Crippen molar-refractivity contribution in [3.63, 3.8) is 0 Å². The number of carboxylic acids is 1. The van der Waals surface area contributed by atoms with Crippen LogP contribution in [0.1, 0.15) is 59.5 Å². The molecule has 7 nitrogen and oxygen atoms in total. The Morgan fingerprint density at radius 1 is 0.927 bits per heavy atom. The predicted octanol–water partition coefficient (Wildman–Crippen LogP) is 6.45. The van der Waals surface area contributed by atoms with E-state index >= 15 is 0 Å². The number of rotatable bonds is 6. The number of fused-ring (bicyclic) bond motifs is 1. The average Bonchev–Trinajstić information content (AvgIpc) is 3.35. The molecular weight excluding hydrogens is 514 g/mol. The van der Waals surface area contributed by atoms with Crippen molar-refractivity contribution in [2.75, 3.05) is 26.3 Å². The first-order valence-corrected chi connectivity index (χ1v) is 14.4. The number of carboxylic acid groups (broad SMARTS) is 1. The third-order valence-corrected chi connectivity index (χ3v) is 8.52. The Morgan fingerprint density at radius 3 is 2.39 bits per heavy atom. The molecule has 6 rings (SSSR count). The molecule has 208 valence electrons. The van der Waals surface area contributed by atoms with E-state index in [0.29, 0.717) is 31.9 Å². The Kier molecular flexibility index (Phi) is 7.58. The first kappa shape index (κ1) is 26.8. The van der Waals surface area contributed by atoms with E-state index in [1.54, 1.807) is 12.1 Å². The van der Waals surface area contributed by atoms with Gasteiger partial charge in [0.25, 0.3) is 0 Å². The monoisotopic (exact) mass is 547 g/mol. The Balaban J connectivity index is 1.58. The van der Waals surface area contributed by atoms with E-state index in [4.69, 9.17) is 4.74 Å². The van der Waals surface area contributed by atoms with Gasteiger partial charge in [-0.25, -0.2) is 4.79 Å². The summed E-state index contributed by atoms with van der Waals surface area (Å²) in [6.07, 6.45) is 5.54. The highest BCUT2D eigenvalue weighted by Gasteiger charge is 2.29. The van der Waals surface area contributed by atoms with Crippen molar-refractivity contribution in [2.45, 2.75) is 44.6 Å². The molecule has 2 heterocycles. The molecule has 0 radical (unpaired) electrons. The summed E-state index contributed by atoms with van der Waals surface area (Å²) < 4.78 is 7.47. The van der Waals surface area contributed by atoms with Crippen molar-refractivity contribution in [1.29, 1.82) is 5.26 Å². The standard InChI is InChI=1S/C34H33N3O4/c35-21-27-19-25(11-13-28(27)23-7-3-1-4-8-23)33-32(24-9-5-2-6-10-24)29-14-12-26(34(39)40)20-30(29)37(33)22-31(38)36-15-17-41-18-16-36/h1,3-4,7-8,11-14,19-20,24H,2,5-6,9-10,15-18,22H2,(H,39,40). The van der Waals surface area contributed by atoms with Crippen molar-refractivity contribution in [3.05, 3.63) is 83.4 Å². The van der Waals surface area contributed by atoms with Gasteiger partial charge in [0.2, 0.25) is 5.91 Å². The molecule has 2 fully saturated rings. The highest BCUT2D eigenvalue weighted by Crippen LogP contribution is 2.45. The van der Waals surface area contributed by atoms with Gasteiger partial charge in [-0.2, -0.15) is 5.26 Å². The van der Waals surface area contributed by atoms with Crippen LogP contribution in [0.2, 0.25) is 0 Å². The molecule has 1 aliphatic heterocycles. The van der Waals surface area contributed by atoms with Crippen LogP contribution >= 0.6 is 0 Å². The summed E-state index contributed by atoms with van der Waals surface area (Å²) in [5, 5.41) is 21.0. The van der Waals surface area contributed by atoms with Crippen LogP contribution in [0.3, 0.4) is 0 Å². The zero-order chi connectivity index (χ0) is 28.3. The number of nitriles is 1. The van der Waals surface area contributed by atoms with E-state index < -0.39 is 5.97 Å². The summed E-state index contributed by atoms with van der Waals surface area (Å²) in [5.41, 5.74) is 6.25. The quantitative estimate of drug-likeness (QED) is 0.299. The van der Waals surface area contributed by atoms with E-state index in [2.05, 4.69) is 6.07 Å². The number of nitrogens with zero attached hydrogens (tertiary/aromatic N) is 3.